The second-order valence-corrected chi connectivity index (χ2v) is 6.40. The molecule has 1 aliphatic rings. The van der Waals surface area contributed by atoms with Gasteiger partial charge in [0.15, 0.2) is 5.82 Å². The number of anilines is 2. The molecule has 0 aliphatic heterocycles. The van der Waals surface area contributed by atoms with E-state index in [0.717, 1.165) is 0 Å². The van der Waals surface area contributed by atoms with Gasteiger partial charge in [-0.3, -0.25) is 14.5 Å². The maximum atomic E-state index is 12.6. The van der Waals surface area contributed by atoms with Crippen LogP contribution < -0.4 is 11.1 Å². The molecule has 1 amide bonds. The van der Waals surface area contributed by atoms with E-state index in [1.54, 1.807) is 0 Å². The van der Waals surface area contributed by atoms with Crippen LogP contribution in [0.15, 0.2) is 24.5 Å². The van der Waals surface area contributed by atoms with E-state index in [0.29, 0.717) is 24.9 Å². The number of nitrogens with one attached hydrogen (secondary N) is 1. The zero-order valence-electron chi connectivity index (χ0n) is 14.2. The van der Waals surface area contributed by atoms with E-state index in [1.165, 1.54) is 29.2 Å². The van der Waals surface area contributed by atoms with Crippen LogP contribution in [0.4, 0.5) is 20.3 Å². The van der Waals surface area contributed by atoms with Gasteiger partial charge < -0.3 is 16.2 Å². The molecule has 8 nitrogen and oxygen atoms in total. The number of alkyl halides is 2. The minimum absolute atomic E-state index is 0.107. The van der Waals surface area contributed by atoms with Crippen LogP contribution in [0.5, 0.6) is 0 Å². The van der Waals surface area contributed by atoms with Crippen LogP contribution in [-0.4, -0.2) is 31.9 Å². The average molecular weight is 376 g/mol. The highest BCUT2D eigenvalue weighted by molar-refractivity contribution is 5.98. The van der Waals surface area contributed by atoms with Crippen molar-refractivity contribution in [2.24, 2.45) is 11.7 Å². The van der Waals surface area contributed by atoms with Crippen molar-refractivity contribution in [1.82, 2.24) is 14.8 Å². The fourth-order valence-electron chi connectivity index (χ4n) is 3.17. The molecule has 3 rings (SSSR count). The van der Waals surface area contributed by atoms with E-state index >= 15 is 0 Å². The fraction of sp³-hybridized carbons (Fsp3) is 0.412. The van der Waals surface area contributed by atoms with E-state index in [2.05, 4.69) is 21.5 Å². The van der Waals surface area contributed by atoms with Crippen molar-refractivity contribution in [1.29, 1.82) is 5.26 Å². The largest absolute Gasteiger partial charge is 0.393 e. The summed E-state index contributed by atoms with van der Waals surface area (Å²) in [4.78, 5) is 15.4. The summed E-state index contributed by atoms with van der Waals surface area (Å²) in [6.45, 7) is 0. The zero-order chi connectivity index (χ0) is 19.6. The molecule has 1 saturated carbocycles. The van der Waals surface area contributed by atoms with Gasteiger partial charge in [-0.25, -0.2) is 8.78 Å². The minimum atomic E-state index is -2.68. The number of hydrogen-bond acceptors (Lipinski definition) is 6. The fourth-order valence-corrected chi connectivity index (χ4v) is 3.17. The van der Waals surface area contributed by atoms with Gasteiger partial charge in [0, 0.05) is 6.20 Å². The number of primary amides is 1. The van der Waals surface area contributed by atoms with Gasteiger partial charge in [0.25, 0.3) is 12.3 Å². The van der Waals surface area contributed by atoms with Crippen LogP contribution in [0.25, 0.3) is 0 Å². The van der Waals surface area contributed by atoms with Gasteiger partial charge in [-0.2, -0.15) is 10.4 Å². The first-order chi connectivity index (χ1) is 12.9. The lowest BCUT2D eigenvalue weighted by molar-refractivity contribution is 0.0861. The molecule has 0 aromatic carbocycles. The quantitative estimate of drug-likeness (QED) is 0.734. The van der Waals surface area contributed by atoms with Crippen molar-refractivity contribution in [2.75, 3.05) is 5.32 Å². The summed E-state index contributed by atoms with van der Waals surface area (Å²) in [7, 11) is 0. The number of nitrogens with zero attached hydrogens (tertiary/aromatic N) is 4. The third-order valence-electron chi connectivity index (χ3n) is 4.56. The van der Waals surface area contributed by atoms with Crippen molar-refractivity contribution in [3.63, 3.8) is 0 Å². The first kappa shape index (κ1) is 18.7. The summed E-state index contributed by atoms with van der Waals surface area (Å²) in [5, 5.41) is 26.3. The molecule has 142 valence electrons. The number of nitriles is 1. The summed E-state index contributed by atoms with van der Waals surface area (Å²) in [6, 6.07) is 4.43. The number of aliphatic hydroxyl groups excluding tert-OH is 1. The summed E-state index contributed by atoms with van der Waals surface area (Å²) in [5.74, 6) is -1.02. The van der Waals surface area contributed by atoms with E-state index in [-0.39, 0.29) is 23.1 Å². The normalized spacial score (nSPS) is 22.4. The average Bonchev–Trinajstić information content (AvgIpc) is 3.05. The zero-order valence-corrected chi connectivity index (χ0v) is 14.2. The molecule has 1 aliphatic carbocycles. The highest BCUT2D eigenvalue weighted by Gasteiger charge is 2.32. The molecule has 0 saturated heterocycles. The van der Waals surface area contributed by atoms with E-state index in [1.807, 2.05) is 0 Å². The molecule has 1 fully saturated rings. The molecule has 0 unspecified atom stereocenters. The standard InChI is InChI=1S/C17H18F2N6O2/c18-15(19)13-3-1-10(7-22-13)23-17-12(16(21)27)8-25(24-17)14-4-2-11(26)5-9(14)6-20/h1,3,7-9,11,14-15,26H,2,4-5H2,(H2,21,27)(H,23,24)/t9-,11+,14+/m1/s1. The van der Waals surface area contributed by atoms with Crippen LogP contribution in [0.2, 0.25) is 0 Å². The molecule has 10 heteroatoms. The molecule has 4 N–H and O–H groups in total. The van der Waals surface area contributed by atoms with Gasteiger partial charge in [-0.15, -0.1) is 0 Å². The molecular weight excluding hydrogens is 358 g/mol. The van der Waals surface area contributed by atoms with Crippen molar-refractivity contribution < 1.29 is 18.7 Å². The first-order valence-electron chi connectivity index (χ1n) is 8.36. The van der Waals surface area contributed by atoms with E-state index in [4.69, 9.17) is 5.73 Å². The predicted octanol–water partition coefficient (Wildman–Crippen LogP) is 2.28. The number of carbonyl (C=O) groups excluding carboxylic acids is 1. The topological polar surface area (TPSA) is 130 Å². The Hall–Kier alpha value is -3.06. The van der Waals surface area contributed by atoms with Crippen molar-refractivity contribution in [3.8, 4) is 6.07 Å². The number of hydrogen-bond donors (Lipinski definition) is 3. The molecule has 3 atom stereocenters. The maximum Gasteiger partial charge on any atom is 0.280 e. The molecule has 0 spiro atoms. The van der Waals surface area contributed by atoms with Crippen molar-refractivity contribution >= 4 is 17.4 Å². The van der Waals surface area contributed by atoms with Gasteiger partial charge in [-0.1, -0.05) is 0 Å². The summed E-state index contributed by atoms with van der Waals surface area (Å²) >= 11 is 0. The van der Waals surface area contributed by atoms with E-state index < -0.39 is 24.4 Å². The Morgan fingerprint density at radius 1 is 1.44 bits per heavy atom. The predicted molar refractivity (Wildman–Crippen MR) is 91.2 cm³/mol. The third kappa shape index (κ3) is 4.03. The molecule has 27 heavy (non-hydrogen) atoms. The third-order valence-corrected chi connectivity index (χ3v) is 4.56. The van der Waals surface area contributed by atoms with Crippen LogP contribution in [-0.2, 0) is 0 Å². The Morgan fingerprint density at radius 3 is 2.81 bits per heavy atom. The summed E-state index contributed by atoms with van der Waals surface area (Å²) < 4.78 is 26.7. The number of pyridine rings is 1. The number of amides is 1. The second-order valence-electron chi connectivity index (χ2n) is 6.40. The number of carbonyl (C=O) groups is 1. The van der Waals surface area contributed by atoms with Crippen LogP contribution >= 0.6 is 0 Å². The number of aliphatic hydroxyl groups is 1. The number of rotatable bonds is 5. The Bertz CT molecular complexity index is 861. The molecular formula is C17H18F2N6O2. The monoisotopic (exact) mass is 376 g/mol. The molecule has 0 radical (unpaired) electrons. The number of nitrogens with two attached hydrogens (primary N) is 1. The summed E-state index contributed by atoms with van der Waals surface area (Å²) in [5.41, 5.74) is 5.52. The van der Waals surface area contributed by atoms with Gasteiger partial charge in [0.1, 0.15) is 11.3 Å². The van der Waals surface area contributed by atoms with Crippen molar-refractivity contribution in [3.05, 3.63) is 35.8 Å². The molecule has 2 aromatic rings. The van der Waals surface area contributed by atoms with Gasteiger partial charge in [0.05, 0.1) is 36.0 Å². The SMILES string of the molecule is N#C[C@H]1C[C@@H](O)CC[C@@H]1n1cc(C(N)=O)c(Nc2ccc(C(F)F)nc2)n1. The Balaban J connectivity index is 1.87. The van der Waals surface area contributed by atoms with Gasteiger partial charge in [-0.05, 0) is 31.4 Å². The summed E-state index contributed by atoms with van der Waals surface area (Å²) in [6.07, 6.45) is 0.839. The highest BCUT2D eigenvalue weighted by atomic mass is 19.3. The lowest BCUT2D eigenvalue weighted by Crippen LogP contribution is -2.29. The second kappa shape index (κ2) is 7.67. The lowest BCUT2D eigenvalue weighted by atomic mass is 9.84. The number of halogens is 2. The van der Waals surface area contributed by atoms with Gasteiger partial charge >= 0.3 is 0 Å². The maximum absolute atomic E-state index is 12.6. The lowest BCUT2D eigenvalue weighted by Gasteiger charge is -2.30. The smallest absolute Gasteiger partial charge is 0.280 e. The Kier molecular flexibility index (Phi) is 5.32. The Labute approximate surface area is 153 Å². The minimum Gasteiger partial charge on any atom is -0.393 e. The Morgan fingerprint density at radius 2 is 2.22 bits per heavy atom. The van der Waals surface area contributed by atoms with Crippen LogP contribution in [0.1, 0.15) is 47.8 Å². The first-order valence-corrected chi connectivity index (χ1v) is 8.36. The molecule has 0 bridgehead atoms. The van der Waals surface area contributed by atoms with Crippen LogP contribution in [0.3, 0.4) is 0 Å². The molecule has 2 aromatic heterocycles. The van der Waals surface area contributed by atoms with E-state index in [9.17, 15) is 23.9 Å². The van der Waals surface area contributed by atoms with Crippen LogP contribution in [0, 0.1) is 17.2 Å². The number of aromatic nitrogens is 3. The van der Waals surface area contributed by atoms with Gasteiger partial charge in [0.2, 0.25) is 0 Å². The molecule has 2 heterocycles. The highest BCUT2D eigenvalue weighted by Crippen LogP contribution is 2.34. The van der Waals surface area contributed by atoms with Crippen molar-refractivity contribution in [2.45, 2.75) is 37.8 Å².